The van der Waals surface area contributed by atoms with Gasteiger partial charge in [-0.25, -0.2) is 9.48 Å². The van der Waals surface area contributed by atoms with Crippen molar-refractivity contribution < 1.29 is 9.53 Å². The molecule has 2 amide bonds. The number of methoxy groups -OCH3 is 1. The van der Waals surface area contributed by atoms with Crippen molar-refractivity contribution in [3.05, 3.63) is 72.1 Å². The normalized spacial score (nSPS) is 10.4. The van der Waals surface area contributed by atoms with Crippen LogP contribution in [0.25, 0.3) is 5.69 Å². The van der Waals surface area contributed by atoms with Crippen LogP contribution in [0, 0.1) is 6.92 Å². The average molecular weight is 350 g/mol. The highest BCUT2D eigenvalue weighted by Gasteiger charge is 2.10. The topological polar surface area (TPSA) is 59.4 Å². The van der Waals surface area contributed by atoms with Gasteiger partial charge in [-0.05, 0) is 48.9 Å². The molecule has 0 unspecified atom stereocenters. The number of carbonyl (C=O) groups excluding carboxylic acids is 1. The first-order chi connectivity index (χ1) is 12.6. The van der Waals surface area contributed by atoms with E-state index >= 15 is 0 Å². The highest BCUT2D eigenvalue weighted by atomic mass is 16.5. The summed E-state index contributed by atoms with van der Waals surface area (Å²) in [6, 6.07) is 17.1. The lowest BCUT2D eigenvalue weighted by atomic mass is 10.2. The maximum Gasteiger partial charge on any atom is 0.321 e. The zero-order valence-corrected chi connectivity index (χ0v) is 15.1. The van der Waals surface area contributed by atoms with Crippen molar-refractivity contribution in [1.82, 2.24) is 14.7 Å². The summed E-state index contributed by atoms with van der Waals surface area (Å²) in [5.74, 6) is 0.798. The van der Waals surface area contributed by atoms with Crippen LogP contribution in [0.15, 0.2) is 60.8 Å². The summed E-state index contributed by atoms with van der Waals surface area (Å²) in [5.41, 5.74) is 3.70. The standard InChI is InChI=1S/C20H22N4O2/c1-15-11-12-21-24(15)18-6-4-5-17(13-18)22-20(25)23(2)14-16-7-9-19(26-3)10-8-16/h4-13H,14H2,1-3H3,(H,22,25). The maximum atomic E-state index is 12.5. The number of anilines is 1. The zero-order chi connectivity index (χ0) is 18.5. The number of amides is 2. The molecule has 0 bridgehead atoms. The molecule has 6 heteroatoms. The number of urea groups is 1. The van der Waals surface area contributed by atoms with Crippen molar-refractivity contribution in [2.75, 3.05) is 19.5 Å². The first kappa shape index (κ1) is 17.5. The molecule has 2 aromatic carbocycles. The molecule has 26 heavy (non-hydrogen) atoms. The van der Waals surface area contributed by atoms with Crippen LogP contribution in [0.5, 0.6) is 5.75 Å². The Morgan fingerprint density at radius 2 is 1.96 bits per heavy atom. The van der Waals surface area contributed by atoms with E-state index in [1.807, 2.05) is 66.2 Å². The van der Waals surface area contributed by atoms with Gasteiger partial charge in [-0.15, -0.1) is 0 Å². The molecular weight excluding hydrogens is 328 g/mol. The molecule has 1 N–H and O–H groups in total. The number of benzene rings is 2. The molecule has 0 aliphatic carbocycles. The third-order valence-corrected chi connectivity index (χ3v) is 4.10. The van der Waals surface area contributed by atoms with E-state index in [2.05, 4.69) is 10.4 Å². The van der Waals surface area contributed by atoms with Gasteiger partial charge in [-0.3, -0.25) is 0 Å². The summed E-state index contributed by atoms with van der Waals surface area (Å²) in [5, 5.41) is 7.22. The Morgan fingerprint density at radius 3 is 2.62 bits per heavy atom. The Balaban J connectivity index is 1.66. The first-order valence-corrected chi connectivity index (χ1v) is 8.33. The predicted octanol–water partition coefficient (Wildman–Crippen LogP) is 3.85. The fourth-order valence-electron chi connectivity index (χ4n) is 2.65. The second-order valence-electron chi connectivity index (χ2n) is 6.07. The molecule has 0 aliphatic heterocycles. The predicted molar refractivity (Wildman–Crippen MR) is 102 cm³/mol. The molecule has 0 saturated heterocycles. The maximum absolute atomic E-state index is 12.5. The van der Waals surface area contributed by atoms with Crippen LogP contribution >= 0.6 is 0 Å². The van der Waals surface area contributed by atoms with E-state index < -0.39 is 0 Å². The van der Waals surface area contributed by atoms with Gasteiger partial charge in [0, 0.05) is 31.2 Å². The van der Waals surface area contributed by atoms with Crippen molar-refractivity contribution in [3.8, 4) is 11.4 Å². The Bertz CT molecular complexity index is 887. The van der Waals surface area contributed by atoms with Gasteiger partial charge in [0.15, 0.2) is 0 Å². The monoisotopic (exact) mass is 350 g/mol. The Kier molecular flexibility index (Phi) is 5.22. The second-order valence-corrected chi connectivity index (χ2v) is 6.07. The number of hydrogen-bond donors (Lipinski definition) is 1. The third-order valence-electron chi connectivity index (χ3n) is 4.10. The Labute approximate surface area is 153 Å². The minimum absolute atomic E-state index is 0.171. The SMILES string of the molecule is COc1ccc(CN(C)C(=O)Nc2cccc(-n3nccc3C)c2)cc1. The van der Waals surface area contributed by atoms with Gasteiger partial charge in [0.1, 0.15) is 5.75 Å². The van der Waals surface area contributed by atoms with Crippen molar-refractivity contribution in [3.63, 3.8) is 0 Å². The zero-order valence-electron chi connectivity index (χ0n) is 15.1. The molecular formula is C20H22N4O2. The van der Waals surface area contributed by atoms with Crippen molar-refractivity contribution in [2.24, 2.45) is 0 Å². The summed E-state index contributed by atoms with van der Waals surface area (Å²) in [6.45, 7) is 2.49. The van der Waals surface area contributed by atoms with Gasteiger partial charge < -0.3 is 15.0 Å². The van der Waals surface area contributed by atoms with Crippen LogP contribution in [-0.2, 0) is 6.54 Å². The minimum atomic E-state index is -0.171. The lowest BCUT2D eigenvalue weighted by molar-refractivity contribution is 0.220. The molecule has 0 spiro atoms. The molecule has 134 valence electrons. The van der Waals surface area contributed by atoms with E-state index in [9.17, 15) is 4.79 Å². The van der Waals surface area contributed by atoms with E-state index in [0.717, 1.165) is 28.4 Å². The van der Waals surface area contributed by atoms with Crippen molar-refractivity contribution >= 4 is 11.7 Å². The van der Waals surface area contributed by atoms with E-state index in [0.29, 0.717) is 6.54 Å². The number of rotatable bonds is 5. The average Bonchev–Trinajstić information content (AvgIpc) is 3.08. The smallest absolute Gasteiger partial charge is 0.321 e. The quantitative estimate of drug-likeness (QED) is 0.760. The van der Waals surface area contributed by atoms with Gasteiger partial charge >= 0.3 is 6.03 Å². The largest absolute Gasteiger partial charge is 0.497 e. The van der Waals surface area contributed by atoms with E-state index in [4.69, 9.17) is 4.74 Å². The van der Waals surface area contributed by atoms with Gasteiger partial charge in [0.25, 0.3) is 0 Å². The first-order valence-electron chi connectivity index (χ1n) is 8.33. The van der Waals surface area contributed by atoms with Gasteiger partial charge in [-0.2, -0.15) is 5.10 Å². The molecule has 0 fully saturated rings. The highest BCUT2D eigenvalue weighted by molar-refractivity contribution is 5.89. The molecule has 0 aliphatic rings. The molecule has 1 heterocycles. The van der Waals surface area contributed by atoms with Crippen LogP contribution in [0.1, 0.15) is 11.3 Å². The number of nitrogens with one attached hydrogen (secondary N) is 1. The van der Waals surface area contributed by atoms with E-state index in [1.54, 1.807) is 25.3 Å². The molecule has 3 rings (SSSR count). The fourth-order valence-corrected chi connectivity index (χ4v) is 2.65. The van der Waals surface area contributed by atoms with Gasteiger partial charge in [0.2, 0.25) is 0 Å². The van der Waals surface area contributed by atoms with E-state index in [1.165, 1.54) is 0 Å². The lowest BCUT2D eigenvalue weighted by Crippen LogP contribution is -2.30. The third kappa shape index (κ3) is 4.03. The molecule has 0 saturated carbocycles. The van der Waals surface area contributed by atoms with Crippen LogP contribution in [0.2, 0.25) is 0 Å². The Morgan fingerprint density at radius 1 is 1.19 bits per heavy atom. The lowest BCUT2D eigenvalue weighted by Gasteiger charge is -2.18. The number of aryl methyl sites for hydroxylation is 1. The second kappa shape index (κ2) is 7.74. The molecule has 1 aromatic heterocycles. The van der Waals surface area contributed by atoms with Gasteiger partial charge in [0.05, 0.1) is 12.8 Å². The molecule has 3 aromatic rings. The summed E-state index contributed by atoms with van der Waals surface area (Å²) >= 11 is 0. The van der Waals surface area contributed by atoms with Crippen LogP contribution in [0.4, 0.5) is 10.5 Å². The van der Waals surface area contributed by atoms with Crippen LogP contribution in [-0.4, -0.2) is 34.9 Å². The van der Waals surface area contributed by atoms with Crippen LogP contribution in [0.3, 0.4) is 0 Å². The fraction of sp³-hybridized carbons (Fsp3) is 0.200. The molecule has 0 radical (unpaired) electrons. The van der Waals surface area contributed by atoms with E-state index in [-0.39, 0.29) is 6.03 Å². The highest BCUT2D eigenvalue weighted by Crippen LogP contribution is 2.17. The summed E-state index contributed by atoms with van der Waals surface area (Å²) < 4.78 is 6.98. The van der Waals surface area contributed by atoms with Crippen molar-refractivity contribution in [2.45, 2.75) is 13.5 Å². The summed E-state index contributed by atoms with van der Waals surface area (Å²) in [6.07, 6.45) is 1.75. The number of nitrogens with zero attached hydrogens (tertiary/aromatic N) is 3. The van der Waals surface area contributed by atoms with Crippen molar-refractivity contribution in [1.29, 1.82) is 0 Å². The molecule has 6 nitrogen and oxygen atoms in total. The minimum Gasteiger partial charge on any atom is -0.497 e. The number of hydrogen-bond acceptors (Lipinski definition) is 3. The Hall–Kier alpha value is -3.28. The number of ether oxygens (including phenoxy) is 1. The van der Waals surface area contributed by atoms with Crippen LogP contribution < -0.4 is 10.1 Å². The number of aromatic nitrogens is 2. The molecule has 0 atom stereocenters. The van der Waals surface area contributed by atoms with Gasteiger partial charge in [-0.1, -0.05) is 18.2 Å². The number of carbonyl (C=O) groups is 1. The summed E-state index contributed by atoms with van der Waals surface area (Å²) in [4.78, 5) is 14.1. The summed E-state index contributed by atoms with van der Waals surface area (Å²) in [7, 11) is 3.40.